The van der Waals surface area contributed by atoms with E-state index in [1.54, 1.807) is 0 Å². The smallest absolute Gasteiger partial charge is 0.408 e. The predicted octanol–water partition coefficient (Wildman–Crippen LogP) is 1.07. The van der Waals surface area contributed by atoms with E-state index in [1.807, 2.05) is 36.6 Å². The van der Waals surface area contributed by atoms with Gasteiger partial charge in [-0.15, -0.1) is 0 Å². The van der Waals surface area contributed by atoms with Gasteiger partial charge in [0.15, 0.2) is 6.04 Å². The van der Waals surface area contributed by atoms with Crippen molar-refractivity contribution in [2.45, 2.75) is 38.1 Å². The Hall–Kier alpha value is -2.26. The van der Waals surface area contributed by atoms with Gasteiger partial charge < -0.3 is 25.2 Å². The Bertz CT molecular complexity index is 611. The highest BCUT2D eigenvalue weighted by atomic mass is 32.2. The summed E-state index contributed by atoms with van der Waals surface area (Å²) < 4.78 is 9.71. The number of alkyl carbamates (subject to hydrolysis) is 1. The fraction of sp³-hybridized carbons (Fsp3) is 0.500. The lowest BCUT2D eigenvalue weighted by Crippen LogP contribution is -2.55. The van der Waals surface area contributed by atoms with Gasteiger partial charge in [-0.05, 0) is 30.9 Å². The van der Waals surface area contributed by atoms with Crippen LogP contribution in [-0.4, -0.2) is 60.4 Å². The van der Waals surface area contributed by atoms with Crippen molar-refractivity contribution < 1.29 is 29.0 Å². The monoisotopic (exact) mass is 398 g/mol. The maximum atomic E-state index is 12.5. The van der Waals surface area contributed by atoms with Gasteiger partial charge in [-0.1, -0.05) is 30.3 Å². The average molecular weight is 398 g/mol. The molecule has 0 unspecified atom stereocenters. The lowest BCUT2D eigenvalue weighted by atomic mass is 10.1. The highest BCUT2D eigenvalue weighted by Crippen LogP contribution is 2.05. The molecule has 0 saturated carbocycles. The first kappa shape index (κ1) is 22.8. The zero-order valence-electron chi connectivity index (χ0n) is 15.6. The van der Waals surface area contributed by atoms with Crippen LogP contribution in [0, 0.1) is 0 Å². The fourth-order valence-electron chi connectivity index (χ4n) is 2.17. The van der Waals surface area contributed by atoms with E-state index in [9.17, 15) is 19.5 Å². The minimum absolute atomic E-state index is 0.0714. The maximum absolute atomic E-state index is 12.5. The van der Waals surface area contributed by atoms with E-state index in [4.69, 9.17) is 4.74 Å². The zero-order chi connectivity index (χ0) is 20.2. The molecule has 1 aromatic rings. The summed E-state index contributed by atoms with van der Waals surface area (Å²) in [6.07, 6.45) is 0.316. The van der Waals surface area contributed by atoms with Gasteiger partial charge in [-0.3, -0.25) is 4.79 Å². The summed E-state index contributed by atoms with van der Waals surface area (Å²) in [6, 6.07) is 7.01. The van der Waals surface area contributed by atoms with Gasteiger partial charge in [0.05, 0.1) is 13.2 Å². The summed E-state index contributed by atoms with van der Waals surface area (Å²) >= 11 is 1.51. The van der Waals surface area contributed by atoms with E-state index in [0.717, 1.165) is 12.7 Å². The van der Waals surface area contributed by atoms with Crippen LogP contribution in [0.3, 0.4) is 0 Å². The number of carbonyl (C=O) groups excluding carboxylic acids is 3. The SMILES string of the molecule is COC(=O)[C@H](NC(=O)[C@@H](CCSC)NC(=O)OCc1ccccc1)[C@H](C)O. The van der Waals surface area contributed by atoms with Crippen molar-refractivity contribution >= 4 is 29.7 Å². The van der Waals surface area contributed by atoms with Crippen LogP contribution in [0.4, 0.5) is 4.79 Å². The van der Waals surface area contributed by atoms with Crippen LogP contribution in [0.1, 0.15) is 18.9 Å². The summed E-state index contributed by atoms with van der Waals surface area (Å²) in [6.45, 7) is 1.43. The molecule has 0 bridgehead atoms. The van der Waals surface area contributed by atoms with Gasteiger partial charge in [0.1, 0.15) is 12.6 Å². The molecular formula is C18H26N2O6S. The molecule has 0 aromatic heterocycles. The molecule has 9 heteroatoms. The third kappa shape index (κ3) is 8.31. The number of aliphatic hydroxyl groups excluding tert-OH is 1. The third-order valence-corrected chi connectivity index (χ3v) is 4.31. The first-order chi connectivity index (χ1) is 12.9. The van der Waals surface area contributed by atoms with Gasteiger partial charge in [0.25, 0.3) is 0 Å². The Morgan fingerprint density at radius 1 is 1.19 bits per heavy atom. The van der Waals surface area contributed by atoms with Gasteiger partial charge in [-0.2, -0.15) is 11.8 Å². The van der Waals surface area contributed by atoms with Crippen molar-refractivity contribution in [2.24, 2.45) is 0 Å². The van der Waals surface area contributed by atoms with E-state index in [1.165, 1.54) is 18.7 Å². The lowest BCUT2D eigenvalue weighted by molar-refractivity contribution is -0.148. The molecule has 0 fully saturated rings. The highest BCUT2D eigenvalue weighted by Gasteiger charge is 2.30. The molecule has 0 radical (unpaired) electrons. The number of nitrogens with one attached hydrogen (secondary N) is 2. The normalized spacial score (nSPS) is 13.8. The number of thioether (sulfide) groups is 1. The first-order valence-corrected chi connectivity index (χ1v) is 9.80. The Morgan fingerprint density at radius 3 is 2.41 bits per heavy atom. The minimum atomic E-state index is -1.22. The number of carbonyl (C=O) groups is 3. The van der Waals surface area contributed by atoms with Crippen LogP contribution < -0.4 is 10.6 Å². The summed E-state index contributed by atoms with van der Waals surface area (Å²) in [5.41, 5.74) is 0.817. The number of hydrogen-bond donors (Lipinski definition) is 3. The summed E-state index contributed by atoms with van der Waals surface area (Å²) in [4.78, 5) is 36.2. The molecule has 0 spiro atoms. The van der Waals surface area contributed by atoms with Gasteiger partial charge >= 0.3 is 12.1 Å². The Kier molecular flexibility index (Phi) is 10.3. The van der Waals surface area contributed by atoms with E-state index >= 15 is 0 Å². The molecule has 150 valence electrons. The fourth-order valence-corrected chi connectivity index (χ4v) is 2.64. The highest BCUT2D eigenvalue weighted by molar-refractivity contribution is 7.98. The van der Waals surface area contributed by atoms with Crippen molar-refractivity contribution in [3.8, 4) is 0 Å². The van der Waals surface area contributed by atoms with Crippen molar-refractivity contribution in [3.63, 3.8) is 0 Å². The number of methoxy groups -OCH3 is 1. The second-order valence-electron chi connectivity index (χ2n) is 5.79. The standard InChI is InChI=1S/C18H26N2O6S/c1-12(21)15(17(23)25-2)20-16(22)14(9-10-27-3)19-18(24)26-11-13-7-5-4-6-8-13/h4-8,12,14-15,21H,9-11H2,1-3H3,(H,19,24)(H,20,22)/t12-,14+,15+/m0/s1. The molecule has 0 aliphatic carbocycles. The number of aliphatic hydroxyl groups is 1. The molecule has 1 aromatic carbocycles. The molecule has 3 N–H and O–H groups in total. The molecule has 3 atom stereocenters. The Morgan fingerprint density at radius 2 is 1.85 bits per heavy atom. The molecule has 0 saturated heterocycles. The molecule has 0 aliphatic heterocycles. The van der Waals surface area contributed by atoms with Crippen LogP contribution in [-0.2, 0) is 25.7 Å². The van der Waals surface area contributed by atoms with Crippen molar-refractivity contribution in [3.05, 3.63) is 35.9 Å². The van der Waals surface area contributed by atoms with Crippen molar-refractivity contribution in [1.29, 1.82) is 0 Å². The second kappa shape index (κ2) is 12.2. The maximum Gasteiger partial charge on any atom is 0.408 e. The molecular weight excluding hydrogens is 372 g/mol. The van der Waals surface area contributed by atoms with Gasteiger partial charge in [0.2, 0.25) is 5.91 Å². The zero-order valence-corrected chi connectivity index (χ0v) is 16.5. The number of esters is 1. The summed E-state index contributed by atoms with van der Waals surface area (Å²) in [7, 11) is 1.16. The number of amides is 2. The number of rotatable bonds is 10. The van der Waals surface area contributed by atoms with Crippen LogP contribution in [0.5, 0.6) is 0 Å². The van der Waals surface area contributed by atoms with Gasteiger partial charge in [-0.25, -0.2) is 9.59 Å². The molecule has 1 rings (SSSR count). The van der Waals surface area contributed by atoms with Crippen LogP contribution >= 0.6 is 11.8 Å². The van der Waals surface area contributed by atoms with E-state index in [0.29, 0.717) is 12.2 Å². The summed E-state index contributed by atoms with van der Waals surface area (Å²) in [5.74, 6) is -0.764. The Labute approximate surface area is 163 Å². The molecule has 8 nitrogen and oxygen atoms in total. The molecule has 2 amide bonds. The molecule has 0 aliphatic rings. The number of benzene rings is 1. The summed E-state index contributed by atoms with van der Waals surface area (Å²) in [5, 5.41) is 14.6. The molecule has 0 heterocycles. The van der Waals surface area contributed by atoms with Crippen LogP contribution in [0.25, 0.3) is 0 Å². The number of ether oxygens (including phenoxy) is 2. The molecule has 27 heavy (non-hydrogen) atoms. The van der Waals surface area contributed by atoms with Gasteiger partial charge in [0, 0.05) is 0 Å². The third-order valence-electron chi connectivity index (χ3n) is 3.67. The topological polar surface area (TPSA) is 114 Å². The Balaban J connectivity index is 2.68. The largest absolute Gasteiger partial charge is 0.467 e. The number of hydrogen-bond acceptors (Lipinski definition) is 7. The van der Waals surface area contributed by atoms with E-state index in [-0.39, 0.29) is 6.61 Å². The van der Waals surface area contributed by atoms with Crippen molar-refractivity contribution in [2.75, 3.05) is 19.1 Å². The van der Waals surface area contributed by atoms with E-state index in [2.05, 4.69) is 15.4 Å². The second-order valence-corrected chi connectivity index (χ2v) is 6.78. The lowest BCUT2D eigenvalue weighted by Gasteiger charge is -2.23. The average Bonchev–Trinajstić information content (AvgIpc) is 2.67. The minimum Gasteiger partial charge on any atom is -0.467 e. The van der Waals surface area contributed by atoms with Crippen LogP contribution in [0.2, 0.25) is 0 Å². The predicted molar refractivity (Wildman–Crippen MR) is 102 cm³/mol. The first-order valence-electron chi connectivity index (χ1n) is 8.41. The van der Waals surface area contributed by atoms with E-state index < -0.39 is 36.2 Å². The quantitative estimate of drug-likeness (QED) is 0.505. The van der Waals surface area contributed by atoms with Crippen LogP contribution in [0.15, 0.2) is 30.3 Å². The van der Waals surface area contributed by atoms with Crippen molar-refractivity contribution in [1.82, 2.24) is 10.6 Å².